The van der Waals surface area contributed by atoms with E-state index < -0.39 is 0 Å². The fourth-order valence-corrected chi connectivity index (χ4v) is 12.6. The van der Waals surface area contributed by atoms with Gasteiger partial charge >= 0.3 is 0 Å². The van der Waals surface area contributed by atoms with Gasteiger partial charge in [-0.05, 0) is 98.7 Å². The Morgan fingerprint density at radius 3 is 0.902 bits per heavy atom. The van der Waals surface area contributed by atoms with Crippen molar-refractivity contribution < 1.29 is 0 Å². The van der Waals surface area contributed by atoms with Crippen LogP contribution in [0, 0.1) is 47.3 Å². The highest BCUT2D eigenvalue weighted by atomic mass is 15.9. The quantitative estimate of drug-likeness (QED) is 0.239. The van der Waals surface area contributed by atoms with E-state index in [0.29, 0.717) is 49.3 Å². The smallest absolute Gasteiger partial charge is 0.0808 e. The zero-order valence-corrected chi connectivity index (χ0v) is 24.9. The maximum atomic E-state index is 4.37. The molecule has 10 fully saturated rings. The van der Waals surface area contributed by atoms with Crippen LogP contribution in [0.4, 0.5) is 0 Å². The molecule has 0 aromatic heterocycles. The molecule has 41 heavy (non-hydrogen) atoms. The summed E-state index contributed by atoms with van der Waals surface area (Å²) in [6, 6.07) is 0. The first kappa shape index (κ1) is 25.9. The zero-order valence-electron chi connectivity index (χ0n) is 24.9. The minimum absolute atomic E-state index is 0.390. The molecule has 10 aliphatic rings. The zero-order chi connectivity index (χ0) is 26.7. The number of nitrogens with zero attached hydrogens (tertiary/aromatic N) is 2. The van der Waals surface area contributed by atoms with Crippen molar-refractivity contribution in [3.8, 4) is 0 Å². The lowest BCUT2D eigenvalue weighted by atomic mass is 9.76. The van der Waals surface area contributed by atoms with Gasteiger partial charge in [-0.2, -0.15) is 15.6 Å². The van der Waals surface area contributed by atoms with Crippen molar-refractivity contribution in [2.24, 2.45) is 47.3 Å². The number of rotatable bonds is 0. The van der Waals surface area contributed by atoms with Gasteiger partial charge in [-0.15, -0.1) is 0 Å². The van der Waals surface area contributed by atoms with E-state index in [4.69, 9.17) is 0 Å². The van der Waals surface area contributed by atoms with Gasteiger partial charge in [-0.25, -0.2) is 0 Å². The summed E-state index contributed by atoms with van der Waals surface area (Å²) in [5.74, 6) is 5.90. The maximum Gasteiger partial charge on any atom is 0.0808 e. The molecule has 7 N–H and O–H groups in total. The second kappa shape index (κ2) is 10.1. The number of hydrogen-bond acceptors (Lipinski definition) is 9. The first-order valence-corrected chi connectivity index (χ1v) is 18.2. The Morgan fingerprint density at radius 2 is 0.561 bits per heavy atom. The molecule has 4 saturated carbocycles. The average molecular weight is 566 g/mol. The lowest BCUT2D eigenvalue weighted by molar-refractivity contribution is -0.132. The van der Waals surface area contributed by atoms with E-state index in [1.165, 1.54) is 103 Å². The van der Waals surface area contributed by atoms with Crippen LogP contribution in [-0.4, -0.2) is 59.3 Å². The van der Waals surface area contributed by atoms with E-state index in [0.717, 1.165) is 47.3 Å². The Morgan fingerprint density at radius 1 is 0.293 bits per heavy atom. The minimum Gasteiger partial charge on any atom is -0.286 e. The van der Waals surface area contributed by atoms with Gasteiger partial charge in [0.25, 0.3) is 0 Å². The second-order valence-corrected chi connectivity index (χ2v) is 16.1. The van der Waals surface area contributed by atoms with Crippen molar-refractivity contribution in [2.45, 2.75) is 152 Å². The summed E-state index contributed by atoms with van der Waals surface area (Å²) < 4.78 is 0. The topological polar surface area (TPSA) is 90.7 Å². The van der Waals surface area contributed by atoms with Crippen molar-refractivity contribution in [2.75, 3.05) is 0 Å². The highest BCUT2D eigenvalue weighted by molar-refractivity contribution is 5.10. The van der Waals surface area contributed by atoms with Crippen LogP contribution < -0.4 is 37.4 Å². The number of fused-ring (bicyclic) bond motifs is 16. The fraction of sp³-hybridized carbons (Fsp3) is 1.00. The molecule has 16 atom stereocenters. The monoisotopic (exact) mass is 565 g/mol. The normalized spacial score (nSPS) is 58.2. The summed E-state index contributed by atoms with van der Waals surface area (Å²) in [7, 11) is 0. The van der Waals surface area contributed by atoms with Gasteiger partial charge in [-0.3, -0.25) is 31.9 Å². The van der Waals surface area contributed by atoms with Crippen LogP contribution in [-0.2, 0) is 0 Å². The fourth-order valence-electron chi connectivity index (χ4n) is 12.6. The van der Waals surface area contributed by atoms with Crippen molar-refractivity contribution in [1.29, 1.82) is 0 Å². The van der Waals surface area contributed by atoms with Crippen molar-refractivity contribution in [3.05, 3.63) is 0 Å². The summed E-state index contributed by atoms with van der Waals surface area (Å²) >= 11 is 0. The molecule has 6 heterocycles. The molecule has 0 amide bonds. The van der Waals surface area contributed by atoms with E-state index >= 15 is 0 Å². The van der Waals surface area contributed by atoms with Crippen LogP contribution in [0.3, 0.4) is 0 Å². The van der Waals surface area contributed by atoms with Crippen LogP contribution >= 0.6 is 0 Å². The van der Waals surface area contributed by atoms with Crippen LogP contribution in [0.1, 0.15) is 103 Å². The molecular formula is C32H55N9. The lowest BCUT2D eigenvalue weighted by Crippen LogP contribution is -2.75. The molecular weight excluding hydrogens is 510 g/mol. The molecule has 0 aromatic carbocycles. The highest BCUT2D eigenvalue weighted by Gasteiger charge is 2.61. The summed E-state index contributed by atoms with van der Waals surface area (Å²) in [5, 5.41) is 31.2. The predicted molar refractivity (Wildman–Crippen MR) is 158 cm³/mol. The SMILES string of the molecule is C1CCC2C3NC(NC4NC(NC5C6CCCCC6C6NC7C8CCCCC8C(N3)N7NN56)C3CCCCC43)C2C1. The molecule has 6 bridgehead atoms. The molecule has 4 aliphatic carbocycles. The largest absolute Gasteiger partial charge is 0.286 e. The Balaban J connectivity index is 1.05. The molecule has 0 aromatic rings. The van der Waals surface area contributed by atoms with Crippen LogP contribution in [0.15, 0.2) is 0 Å². The molecule has 9 heteroatoms. The Labute approximate surface area is 246 Å². The summed E-state index contributed by atoms with van der Waals surface area (Å²) in [6.07, 6.45) is 25.5. The van der Waals surface area contributed by atoms with E-state index in [1.54, 1.807) is 0 Å². The Bertz CT molecular complexity index is 922. The number of nitrogens with one attached hydrogen (secondary N) is 7. The predicted octanol–water partition coefficient (Wildman–Crippen LogP) is 2.46. The van der Waals surface area contributed by atoms with E-state index in [9.17, 15) is 0 Å². The van der Waals surface area contributed by atoms with Gasteiger partial charge in [-0.1, -0.05) is 51.4 Å². The first-order chi connectivity index (χ1) is 20.3. The van der Waals surface area contributed by atoms with Crippen LogP contribution in [0.5, 0.6) is 0 Å². The molecule has 16 unspecified atom stereocenters. The first-order valence-electron chi connectivity index (χ1n) is 18.2. The molecule has 10 rings (SSSR count). The third-order valence-corrected chi connectivity index (χ3v) is 14.4. The summed E-state index contributed by atoms with van der Waals surface area (Å²) in [6.45, 7) is 0. The molecule has 6 aliphatic heterocycles. The molecule has 9 nitrogen and oxygen atoms in total. The molecule has 0 radical (unpaired) electrons. The van der Waals surface area contributed by atoms with Crippen molar-refractivity contribution >= 4 is 0 Å². The maximum absolute atomic E-state index is 4.37. The van der Waals surface area contributed by atoms with Gasteiger partial charge in [0, 0.05) is 0 Å². The van der Waals surface area contributed by atoms with Gasteiger partial charge in [0.1, 0.15) is 0 Å². The second-order valence-electron chi connectivity index (χ2n) is 16.1. The standard InChI is InChI=1S/C32H55N9/c1-3-11-19-17(9-1)25-33-26-18-10-2-4-12-20(18)28(35-26)37-30-22-14-6-8-16-24(22)32-38-31-23-15-7-5-13-21(23)29(36-27(19)34-25)40(31)39-41(30)32/h17-39H,1-16H2. The van der Waals surface area contributed by atoms with E-state index in [2.05, 4.69) is 47.5 Å². The molecule has 0 spiro atoms. The number of hydrogen-bond donors (Lipinski definition) is 7. The minimum atomic E-state index is 0.390. The van der Waals surface area contributed by atoms with Crippen LogP contribution in [0.25, 0.3) is 0 Å². The van der Waals surface area contributed by atoms with Crippen LogP contribution in [0.2, 0.25) is 0 Å². The Hall–Kier alpha value is -0.360. The average Bonchev–Trinajstić information content (AvgIpc) is 3.73. The lowest BCUT2D eigenvalue weighted by Gasteiger charge is -2.48. The number of hydrazine groups is 2. The van der Waals surface area contributed by atoms with Gasteiger partial charge < -0.3 is 0 Å². The summed E-state index contributed by atoms with van der Waals surface area (Å²) in [4.78, 5) is 0. The van der Waals surface area contributed by atoms with Gasteiger partial charge in [0.15, 0.2) is 0 Å². The third-order valence-electron chi connectivity index (χ3n) is 14.4. The van der Waals surface area contributed by atoms with Crippen molar-refractivity contribution in [3.63, 3.8) is 0 Å². The van der Waals surface area contributed by atoms with Crippen molar-refractivity contribution in [1.82, 2.24) is 47.5 Å². The Kier molecular flexibility index (Phi) is 6.37. The van der Waals surface area contributed by atoms with Gasteiger partial charge in [0.05, 0.1) is 49.3 Å². The molecule has 228 valence electrons. The van der Waals surface area contributed by atoms with E-state index in [-0.39, 0.29) is 0 Å². The summed E-state index contributed by atoms with van der Waals surface area (Å²) in [5.41, 5.74) is 4.21. The highest BCUT2D eigenvalue weighted by Crippen LogP contribution is 2.50. The third kappa shape index (κ3) is 3.92. The molecule has 6 saturated heterocycles. The van der Waals surface area contributed by atoms with Gasteiger partial charge in [0.2, 0.25) is 0 Å². The van der Waals surface area contributed by atoms with E-state index in [1.807, 2.05) is 0 Å².